The number of nitrogens with zero attached hydrogens (tertiary/aromatic N) is 3. The van der Waals surface area contributed by atoms with Crippen molar-refractivity contribution in [3.8, 4) is 5.75 Å². The van der Waals surface area contributed by atoms with Gasteiger partial charge in [0.1, 0.15) is 11.6 Å². The highest BCUT2D eigenvalue weighted by molar-refractivity contribution is 5.73. The maximum Gasteiger partial charge on any atom is 0.332 e. The number of halogens is 1. The second-order valence-corrected chi connectivity index (χ2v) is 6.61. The van der Waals surface area contributed by atoms with Crippen LogP contribution in [-0.2, 0) is 13.1 Å². The molecule has 2 aromatic heterocycles. The van der Waals surface area contributed by atoms with Crippen molar-refractivity contribution in [2.24, 2.45) is 0 Å². The number of hydrogen-bond donors (Lipinski definition) is 0. The van der Waals surface area contributed by atoms with Crippen molar-refractivity contribution in [2.75, 3.05) is 7.11 Å². The van der Waals surface area contributed by atoms with Gasteiger partial charge in [-0.2, -0.15) is 0 Å². The van der Waals surface area contributed by atoms with Crippen LogP contribution in [0, 0.1) is 5.82 Å². The van der Waals surface area contributed by atoms with Crippen LogP contribution in [0.5, 0.6) is 5.75 Å². The van der Waals surface area contributed by atoms with Gasteiger partial charge in [-0.15, -0.1) is 0 Å². The fourth-order valence-corrected chi connectivity index (χ4v) is 3.22. The van der Waals surface area contributed by atoms with E-state index in [1.54, 1.807) is 55.6 Å². The monoisotopic (exact) mass is 391 g/mol. The number of ether oxygens (including phenoxy) is 1. The number of benzene rings is 2. The fourth-order valence-electron chi connectivity index (χ4n) is 3.22. The number of aromatic nitrogens is 3. The van der Waals surface area contributed by atoms with Crippen LogP contribution in [0.2, 0.25) is 0 Å². The average Bonchev–Trinajstić information content (AvgIpc) is 2.76. The molecule has 0 saturated heterocycles. The Balaban J connectivity index is 1.84. The van der Waals surface area contributed by atoms with Crippen molar-refractivity contribution in [1.29, 1.82) is 0 Å². The summed E-state index contributed by atoms with van der Waals surface area (Å²) in [6.45, 7) is 0.307. The molecule has 0 fully saturated rings. The van der Waals surface area contributed by atoms with Crippen LogP contribution in [0.4, 0.5) is 4.39 Å². The van der Waals surface area contributed by atoms with Crippen LogP contribution in [0.15, 0.2) is 76.4 Å². The molecule has 4 aromatic rings. The van der Waals surface area contributed by atoms with E-state index < -0.39 is 11.2 Å². The third-order valence-electron chi connectivity index (χ3n) is 4.74. The van der Waals surface area contributed by atoms with Crippen molar-refractivity contribution in [1.82, 2.24) is 14.1 Å². The van der Waals surface area contributed by atoms with Crippen molar-refractivity contribution >= 4 is 11.0 Å². The lowest BCUT2D eigenvalue weighted by Gasteiger charge is -2.14. The first-order valence-corrected chi connectivity index (χ1v) is 9.02. The number of pyridine rings is 1. The van der Waals surface area contributed by atoms with Gasteiger partial charge in [0, 0.05) is 6.20 Å². The minimum Gasteiger partial charge on any atom is -0.497 e. The van der Waals surface area contributed by atoms with E-state index in [4.69, 9.17) is 4.74 Å². The van der Waals surface area contributed by atoms with Crippen LogP contribution in [0.3, 0.4) is 0 Å². The summed E-state index contributed by atoms with van der Waals surface area (Å²) in [4.78, 5) is 30.3. The predicted molar refractivity (Wildman–Crippen MR) is 108 cm³/mol. The van der Waals surface area contributed by atoms with Crippen molar-refractivity contribution in [2.45, 2.75) is 13.1 Å². The molecule has 0 unspecified atom stereocenters. The van der Waals surface area contributed by atoms with Gasteiger partial charge in [-0.25, -0.2) is 14.2 Å². The number of rotatable bonds is 5. The van der Waals surface area contributed by atoms with Gasteiger partial charge in [0.05, 0.1) is 25.7 Å². The molecule has 2 heterocycles. The second-order valence-electron chi connectivity index (χ2n) is 6.61. The van der Waals surface area contributed by atoms with Gasteiger partial charge in [-0.3, -0.25) is 13.9 Å². The molecule has 2 aromatic carbocycles. The smallest absolute Gasteiger partial charge is 0.332 e. The van der Waals surface area contributed by atoms with Crippen molar-refractivity contribution in [3.63, 3.8) is 0 Å². The van der Waals surface area contributed by atoms with E-state index in [-0.39, 0.29) is 24.4 Å². The Labute approximate surface area is 165 Å². The molecule has 0 amide bonds. The topological polar surface area (TPSA) is 66.1 Å². The Bertz CT molecular complexity index is 1280. The highest BCUT2D eigenvalue weighted by Gasteiger charge is 2.14. The third kappa shape index (κ3) is 3.67. The summed E-state index contributed by atoms with van der Waals surface area (Å²) >= 11 is 0. The zero-order valence-electron chi connectivity index (χ0n) is 15.7. The molecule has 146 valence electrons. The molecular formula is C22H18FN3O3. The average molecular weight is 391 g/mol. The summed E-state index contributed by atoms with van der Waals surface area (Å²) in [5.74, 6) is 0.340. The minimum absolute atomic E-state index is 0.109. The lowest BCUT2D eigenvalue weighted by Crippen LogP contribution is -2.40. The molecule has 0 aliphatic carbocycles. The highest BCUT2D eigenvalue weighted by atomic mass is 19.1. The van der Waals surface area contributed by atoms with Gasteiger partial charge in [0.15, 0.2) is 5.52 Å². The van der Waals surface area contributed by atoms with Crippen LogP contribution < -0.4 is 16.0 Å². The Kier molecular flexibility index (Phi) is 4.95. The quantitative estimate of drug-likeness (QED) is 0.525. The summed E-state index contributed by atoms with van der Waals surface area (Å²) in [6, 6.07) is 16.4. The first-order valence-electron chi connectivity index (χ1n) is 9.02. The van der Waals surface area contributed by atoms with E-state index >= 15 is 0 Å². The fraction of sp³-hybridized carbons (Fsp3) is 0.136. The number of methoxy groups -OCH3 is 1. The molecule has 29 heavy (non-hydrogen) atoms. The molecular weight excluding hydrogens is 373 g/mol. The largest absolute Gasteiger partial charge is 0.497 e. The van der Waals surface area contributed by atoms with Crippen molar-refractivity contribution in [3.05, 3.63) is 105 Å². The zero-order chi connectivity index (χ0) is 20.4. The lowest BCUT2D eigenvalue weighted by molar-refractivity contribution is 0.414. The molecule has 0 radical (unpaired) electrons. The van der Waals surface area contributed by atoms with Gasteiger partial charge < -0.3 is 4.74 Å². The summed E-state index contributed by atoms with van der Waals surface area (Å²) in [5.41, 5.74) is 1.29. The van der Waals surface area contributed by atoms with E-state index in [1.807, 2.05) is 0 Å². The molecule has 0 aliphatic heterocycles. The number of fused-ring (bicyclic) bond motifs is 1. The molecule has 6 nitrogen and oxygen atoms in total. The summed E-state index contributed by atoms with van der Waals surface area (Å²) < 4.78 is 21.0. The lowest BCUT2D eigenvalue weighted by atomic mass is 10.2. The molecule has 0 saturated carbocycles. The van der Waals surface area contributed by atoms with E-state index in [9.17, 15) is 14.0 Å². The van der Waals surface area contributed by atoms with Gasteiger partial charge in [-0.1, -0.05) is 24.3 Å². The van der Waals surface area contributed by atoms with E-state index in [0.29, 0.717) is 11.3 Å². The molecule has 4 rings (SSSR count). The summed E-state index contributed by atoms with van der Waals surface area (Å²) in [5, 5.41) is 0. The predicted octanol–water partition coefficient (Wildman–Crippen LogP) is 2.80. The molecule has 0 bridgehead atoms. The van der Waals surface area contributed by atoms with Crippen LogP contribution in [0.1, 0.15) is 11.1 Å². The molecule has 0 aliphatic rings. The summed E-state index contributed by atoms with van der Waals surface area (Å²) in [6.07, 6.45) is 1.52. The maximum atomic E-state index is 13.2. The Morgan fingerprint density at radius 2 is 1.52 bits per heavy atom. The maximum absolute atomic E-state index is 13.2. The van der Waals surface area contributed by atoms with E-state index in [0.717, 1.165) is 11.1 Å². The molecule has 0 spiro atoms. The molecule has 0 N–H and O–H groups in total. The van der Waals surface area contributed by atoms with Crippen LogP contribution >= 0.6 is 0 Å². The Hall–Kier alpha value is -3.74. The number of hydrogen-bond acceptors (Lipinski definition) is 4. The molecule has 0 atom stereocenters. The zero-order valence-corrected chi connectivity index (χ0v) is 15.7. The van der Waals surface area contributed by atoms with Gasteiger partial charge in [0.2, 0.25) is 0 Å². The normalized spacial score (nSPS) is 11.0. The van der Waals surface area contributed by atoms with E-state index in [1.165, 1.54) is 27.5 Å². The van der Waals surface area contributed by atoms with Crippen molar-refractivity contribution < 1.29 is 9.13 Å². The molecule has 7 heteroatoms. The standard InChI is InChI=1S/C22H18FN3O3/c1-29-18-10-6-16(7-11-18)14-26-21(27)20-19(3-2-12-24-20)25(22(26)28)13-15-4-8-17(23)9-5-15/h2-12H,13-14H2,1H3. The third-order valence-corrected chi connectivity index (χ3v) is 4.74. The van der Waals surface area contributed by atoms with Gasteiger partial charge in [-0.05, 0) is 47.5 Å². The Morgan fingerprint density at radius 1 is 0.897 bits per heavy atom. The van der Waals surface area contributed by atoms with Gasteiger partial charge in [0.25, 0.3) is 5.56 Å². The van der Waals surface area contributed by atoms with E-state index in [2.05, 4.69) is 4.98 Å². The van der Waals surface area contributed by atoms with Crippen LogP contribution in [0.25, 0.3) is 11.0 Å². The second kappa shape index (κ2) is 7.71. The minimum atomic E-state index is -0.448. The SMILES string of the molecule is COc1ccc(Cn2c(=O)c3ncccc3n(Cc3ccc(F)cc3)c2=O)cc1. The van der Waals surface area contributed by atoms with Gasteiger partial charge >= 0.3 is 5.69 Å². The first-order chi connectivity index (χ1) is 14.1. The Morgan fingerprint density at radius 3 is 2.17 bits per heavy atom. The van der Waals surface area contributed by atoms with Crippen LogP contribution in [-0.4, -0.2) is 21.2 Å². The highest BCUT2D eigenvalue weighted by Crippen LogP contribution is 2.13. The first kappa shape index (κ1) is 18.6. The summed E-state index contributed by atoms with van der Waals surface area (Å²) in [7, 11) is 1.57.